The van der Waals surface area contributed by atoms with Crippen molar-refractivity contribution in [2.75, 3.05) is 0 Å². The first-order chi connectivity index (χ1) is 51.5. The van der Waals surface area contributed by atoms with Crippen LogP contribution in [0.1, 0.15) is 0 Å². The lowest BCUT2D eigenvalue weighted by Gasteiger charge is -2.11. The molecule has 20 aromatic rings. The first-order valence-corrected chi connectivity index (χ1v) is 36.5. The Hall–Kier alpha value is -13.2. The number of nitrogens with zero attached hydrogens (tertiary/aromatic N) is 6. The van der Waals surface area contributed by atoms with E-state index in [4.69, 9.17) is 29.9 Å². The van der Waals surface area contributed by atoms with Crippen molar-refractivity contribution in [1.29, 1.82) is 0 Å². The average Bonchev–Trinajstić information content (AvgIpc) is 1.47. The monoisotopic (exact) mass is 1360 g/mol. The number of thiophene rings is 2. The van der Waals surface area contributed by atoms with Crippen LogP contribution in [0, 0.1) is 0 Å². The van der Waals surface area contributed by atoms with Crippen LogP contribution in [0.4, 0.5) is 0 Å². The van der Waals surface area contributed by atoms with Gasteiger partial charge in [0, 0.05) is 73.7 Å². The Kier molecular flexibility index (Phi) is 15.9. The maximum atomic E-state index is 5.19. The summed E-state index contributed by atoms with van der Waals surface area (Å²) in [5, 5.41) is 12.0. The topological polar surface area (TPSA) is 77.3 Å². The second-order valence-electron chi connectivity index (χ2n) is 26.1. The highest BCUT2D eigenvalue weighted by molar-refractivity contribution is 7.26. The molecule has 16 aromatic carbocycles. The number of benzene rings is 16. The van der Waals surface area contributed by atoms with Crippen LogP contribution in [0.25, 0.3) is 197 Å². The molecule has 0 saturated carbocycles. The van der Waals surface area contributed by atoms with E-state index in [9.17, 15) is 0 Å². The number of aromatic nitrogens is 6. The normalized spacial score (nSPS) is 11.5. The van der Waals surface area contributed by atoms with Crippen LogP contribution in [0.5, 0.6) is 0 Å². The standard InChI is InChI=1S/C49H31N3S.C47H29N3S/c1-3-11-32(12-4-1)34-21-23-35(24-22-34)37-25-26-39-31-41(28-27-38(39)29-37)48-50-47(40-16-9-15-36(30-40)33-13-5-2-6-14-33)51-49(52-48)44-19-10-18-43-42-17-7-8-20-45(42)53-46(43)44;1-2-10-30(11-3-1)33-14-8-15-38(28-33)45-48-46(50-47(49-45)42-18-9-17-41-40-16-6-7-19-43(40)51-44(41)42)39-25-24-36-27-35(22-23-37(36)29-39)34-21-20-31-12-4-5-13-32(31)26-34/h1-31H;1-29H. The van der Waals surface area contributed by atoms with E-state index < -0.39 is 0 Å². The van der Waals surface area contributed by atoms with Gasteiger partial charge in [0.05, 0.1) is 0 Å². The molecule has 0 aliphatic heterocycles. The lowest BCUT2D eigenvalue weighted by molar-refractivity contribution is 1.08. The third kappa shape index (κ3) is 12.0. The molecule has 0 atom stereocenters. The first kappa shape index (κ1) is 61.8. The average molecular weight is 1360 g/mol. The Morgan fingerprint density at radius 3 is 0.846 bits per heavy atom. The van der Waals surface area contributed by atoms with Crippen molar-refractivity contribution in [3.8, 4) is 124 Å². The minimum atomic E-state index is 0.648. The zero-order valence-corrected chi connectivity index (χ0v) is 57.8. The quantitative estimate of drug-likeness (QED) is 0.128. The van der Waals surface area contributed by atoms with Gasteiger partial charge in [-0.15, -0.1) is 22.7 Å². The van der Waals surface area contributed by atoms with Gasteiger partial charge in [-0.05, 0) is 155 Å². The summed E-state index contributed by atoms with van der Waals surface area (Å²) in [7, 11) is 0. The molecular weight excluding hydrogens is 1300 g/mol. The molecule has 0 saturated heterocycles. The Morgan fingerprint density at radius 2 is 0.404 bits per heavy atom. The Morgan fingerprint density at radius 1 is 0.154 bits per heavy atom. The van der Waals surface area contributed by atoms with Crippen molar-refractivity contribution in [3.05, 3.63) is 364 Å². The van der Waals surface area contributed by atoms with E-state index in [2.05, 4.69) is 352 Å². The van der Waals surface area contributed by atoms with Gasteiger partial charge in [0.2, 0.25) is 0 Å². The van der Waals surface area contributed by atoms with Crippen LogP contribution in [0.2, 0.25) is 0 Å². The maximum Gasteiger partial charge on any atom is 0.165 e. The molecule has 0 radical (unpaired) electrons. The van der Waals surface area contributed by atoms with Crippen LogP contribution < -0.4 is 0 Å². The highest BCUT2D eigenvalue weighted by atomic mass is 32.1. The number of fused-ring (bicyclic) bond motifs is 9. The number of hydrogen-bond donors (Lipinski definition) is 0. The van der Waals surface area contributed by atoms with E-state index >= 15 is 0 Å². The summed E-state index contributed by atoms with van der Waals surface area (Å²) in [6, 6.07) is 129. The van der Waals surface area contributed by atoms with Gasteiger partial charge in [0.15, 0.2) is 34.9 Å². The molecule has 0 aliphatic rings. The largest absolute Gasteiger partial charge is 0.208 e. The lowest BCUT2D eigenvalue weighted by Crippen LogP contribution is -2.00. The predicted octanol–water partition coefficient (Wildman–Crippen LogP) is 26.3. The van der Waals surface area contributed by atoms with Gasteiger partial charge >= 0.3 is 0 Å². The van der Waals surface area contributed by atoms with Crippen molar-refractivity contribution in [3.63, 3.8) is 0 Å². The molecule has 0 unspecified atom stereocenters. The van der Waals surface area contributed by atoms with Crippen LogP contribution in [0.15, 0.2) is 364 Å². The lowest BCUT2D eigenvalue weighted by atomic mass is 9.97. The molecule has 0 spiro atoms. The van der Waals surface area contributed by atoms with Crippen LogP contribution in [-0.4, -0.2) is 29.9 Å². The SMILES string of the molecule is c1ccc(-c2ccc(-c3ccc4cc(-c5nc(-c6cccc(-c7ccccc7)c6)nc(-c6cccc7c6sc6ccccc67)n5)ccc4c3)cc2)cc1.c1ccc(-c2cccc(-c3nc(-c4ccc5cc(-c6ccc7ccccc7c6)ccc5c4)nc(-c4cccc5c4sc4ccccc45)n3)c2)cc1. The molecule has 20 rings (SSSR count). The highest BCUT2D eigenvalue weighted by Gasteiger charge is 2.21. The summed E-state index contributed by atoms with van der Waals surface area (Å²) in [6.45, 7) is 0. The minimum Gasteiger partial charge on any atom is -0.208 e. The molecule has 104 heavy (non-hydrogen) atoms. The molecule has 0 bridgehead atoms. The van der Waals surface area contributed by atoms with Crippen molar-refractivity contribution in [1.82, 2.24) is 29.9 Å². The summed E-state index contributed by atoms with van der Waals surface area (Å²) >= 11 is 3.57. The van der Waals surface area contributed by atoms with Gasteiger partial charge in [-0.25, -0.2) is 29.9 Å². The summed E-state index contributed by atoms with van der Waals surface area (Å²) in [5.41, 5.74) is 17.6. The van der Waals surface area contributed by atoms with Crippen LogP contribution in [0.3, 0.4) is 0 Å². The fourth-order valence-electron chi connectivity index (χ4n) is 14.3. The van der Waals surface area contributed by atoms with Crippen molar-refractivity contribution >= 4 is 95.3 Å². The third-order valence-corrected chi connectivity index (χ3v) is 22.1. The molecule has 8 heteroatoms. The molecule has 6 nitrogen and oxygen atoms in total. The van der Waals surface area contributed by atoms with E-state index in [1.807, 2.05) is 12.1 Å². The first-order valence-electron chi connectivity index (χ1n) is 34.9. The highest BCUT2D eigenvalue weighted by Crippen LogP contribution is 2.43. The van der Waals surface area contributed by atoms with Crippen molar-refractivity contribution < 1.29 is 0 Å². The molecule has 486 valence electrons. The summed E-state index contributed by atoms with van der Waals surface area (Å²) in [5.74, 6) is 3.94. The van der Waals surface area contributed by atoms with Crippen molar-refractivity contribution in [2.45, 2.75) is 0 Å². The van der Waals surface area contributed by atoms with Gasteiger partial charge in [0.1, 0.15) is 0 Å². The third-order valence-electron chi connectivity index (χ3n) is 19.6. The van der Waals surface area contributed by atoms with E-state index in [0.29, 0.717) is 34.9 Å². The van der Waals surface area contributed by atoms with Gasteiger partial charge in [-0.3, -0.25) is 0 Å². The fraction of sp³-hybridized carbons (Fsp3) is 0. The van der Waals surface area contributed by atoms with Gasteiger partial charge in [-0.2, -0.15) is 0 Å². The number of rotatable bonds is 11. The second-order valence-corrected chi connectivity index (χ2v) is 28.2. The van der Waals surface area contributed by atoms with Gasteiger partial charge in [-0.1, -0.05) is 297 Å². The predicted molar refractivity (Wildman–Crippen MR) is 438 cm³/mol. The van der Waals surface area contributed by atoms with E-state index in [1.165, 1.54) is 95.3 Å². The maximum absolute atomic E-state index is 5.19. The summed E-state index contributed by atoms with van der Waals surface area (Å²) in [4.78, 5) is 31.0. The molecule has 0 N–H and O–H groups in total. The molecule has 4 aromatic heterocycles. The van der Waals surface area contributed by atoms with E-state index in [1.54, 1.807) is 22.7 Å². The van der Waals surface area contributed by atoms with Crippen molar-refractivity contribution in [2.24, 2.45) is 0 Å². The summed E-state index contributed by atoms with van der Waals surface area (Å²) < 4.78 is 4.86. The summed E-state index contributed by atoms with van der Waals surface area (Å²) in [6.07, 6.45) is 0. The molecule has 4 heterocycles. The van der Waals surface area contributed by atoms with E-state index in [-0.39, 0.29) is 0 Å². The molecule has 0 fully saturated rings. The van der Waals surface area contributed by atoms with Crippen LogP contribution >= 0.6 is 22.7 Å². The molecule has 0 aliphatic carbocycles. The fourth-order valence-corrected chi connectivity index (χ4v) is 16.7. The minimum absolute atomic E-state index is 0.648. The Bertz CT molecular complexity index is 6670. The Balaban J connectivity index is 0.000000143. The second kappa shape index (κ2) is 26.7. The zero-order valence-electron chi connectivity index (χ0n) is 56.1. The molecule has 0 amide bonds. The number of hydrogen-bond acceptors (Lipinski definition) is 8. The van der Waals surface area contributed by atoms with E-state index in [0.717, 1.165) is 66.4 Å². The smallest absolute Gasteiger partial charge is 0.165 e. The van der Waals surface area contributed by atoms with Gasteiger partial charge in [0.25, 0.3) is 0 Å². The van der Waals surface area contributed by atoms with Crippen LogP contribution in [-0.2, 0) is 0 Å². The molecular formula is C96H60N6S2. The van der Waals surface area contributed by atoms with Gasteiger partial charge < -0.3 is 0 Å². The Labute approximate surface area is 608 Å². The zero-order chi connectivity index (χ0) is 68.9.